The number of esters is 1. The second-order valence-electron chi connectivity index (χ2n) is 13.2. The van der Waals surface area contributed by atoms with E-state index in [1.165, 1.54) is 65.6 Å². The maximum atomic E-state index is 13.1. The molecule has 0 radical (unpaired) electrons. The quantitative estimate of drug-likeness (QED) is 0.194. The molecule has 0 saturated heterocycles. The van der Waals surface area contributed by atoms with E-state index in [9.17, 15) is 4.79 Å². The molecule has 5 unspecified atom stereocenters. The summed E-state index contributed by atoms with van der Waals surface area (Å²) in [6.07, 6.45) is 10.1. The van der Waals surface area contributed by atoms with Crippen LogP contribution in [0.15, 0.2) is 66.7 Å². The average Bonchev–Trinajstić information content (AvgIpc) is 3.16. The Morgan fingerprint density at radius 1 is 0.889 bits per heavy atom. The second-order valence-corrected chi connectivity index (χ2v) is 13.2. The Bertz CT molecular complexity index is 1390. The van der Waals surface area contributed by atoms with Gasteiger partial charge in [0, 0.05) is 11.8 Å². The van der Waals surface area contributed by atoms with E-state index in [1.807, 2.05) is 0 Å². The average molecular weight is 479 g/mol. The fourth-order valence-electron chi connectivity index (χ4n) is 9.66. The summed E-state index contributed by atoms with van der Waals surface area (Å²) in [5.41, 5.74) is 2.69. The van der Waals surface area contributed by atoms with Gasteiger partial charge in [-0.2, -0.15) is 0 Å². The molecule has 4 fully saturated rings. The van der Waals surface area contributed by atoms with Crippen LogP contribution in [0, 0.1) is 28.6 Å². The number of carbonyl (C=O) groups excluding carboxylic acids is 1. The first-order valence-electron chi connectivity index (χ1n) is 14.1. The molecule has 186 valence electrons. The molecule has 0 aliphatic heterocycles. The van der Waals surface area contributed by atoms with Crippen molar-refractivity contribution < 1.29 is 9.53 Å². The van der Waals surface area contributed by atoms with Gasteiger partial charge in [0.2, 0.25) is 0 Å². The van der Waals surface area contributed by atoms with Crippen LogP contribution in [-0.2, 0) is 16.0 Å². The molecule has 4 aliphatic rings. The van der Waals surface area contributed by atoms with Gasteiger partial charge in [-0.25, -0.2) is 0 Å². The summed E-state index contributed by atoms with van der Waals surface area (Å²) in [4.78, 5) is 13.1. The highest BCUT2D eigenvalue weighted by atomic mass is 16.6. The maximum absolute atomic E-state index is 13.1. The Balaban J connectivity index is 0.989. The Labute approximate surface area is 215 Å². The molecule has 3 aromatic rings. The van der Waals surface area contributed by atoms with Crippen molar-refractivity contribution in [2.24, 2.45) is 28.6 Å². The lowest BCUT2D eigenvalue weighted by molar-refractivity contribution is -0.229. The molecule has 0 amide bonds. The number of benzene rings is 3. The summed E-state index contributed by atoms with van der Waals surface area (Å²) >= 11 is 0. The highest BCUT2D eigenvalue weighted by Gasteiger charge is 2.78. The number of carbonyl (C=O) groups is 1. The smallest absolute Gasteiger partial charge is 0.306 e. The Morgan fingerprint density at radius 3 is 2.42 bits per heavy atom. The van der Waals surface area contributed by atoms with Crippen molar-refractivity contribution in [2.75, 3.05) is 0 Å². The summed E-state index contributed by atoms with van der Waals surface area (Å²) < 4.78 is 6.34. The zero-order valence-electron chi connectivity index (χ0n) is 21.8. The van der Waals surface area contributed by atoms with Gasteiger partial charge in [-0.1, -0.05) is 54.6 Å². The van der Waals surface area contributed by atoms with Gasteiger partial charge in [-0.05, 0) is 128 Å². The van der Waals surface area contributed by atoms with Crippen LogP contribution in [0.4, 0.5) is 0 Å². The van der Waals surface area contributed by atoms with Crippen LogP contribution in [0.5, 0.6) is 0 Å². The third kappa shape index (κ3) is 3.19. The van der Waals surface area contributed by atoms with E-state index in [4.69, 9.17) is 4.74 Å². The Morgan fingerprint density at radius 2 is 1.61 bits per heavy atom. The first-order chi connectivity index (χ1) is 17.3. The Kier molecular flexibility index (Phi) is 4.83. The third-order valence-corrected chi connectivity index (χ3v) is 11.0. The molecule has 4 saturated carbocycles. The van der Waals surface area contributed by atoms with Crippen LogP contribution >= 0.6 is 0 Å². The third-order valence-electron chi connectivity index (χ3n) is 11.0. The molecular formula is C34H38O2. The molecule has 0 aromatic heterocycles. The van der Waals surface area contributed by atoms with Gasteiger partial charge in [-0.15, -0.1) is 0 Å². The molecule has 2 heteroatoms. The van der Waals surface area contributed by atoms with Gasteiger partial charge >= 0.3 is 5.97 Å². The molecule has 1 spiro atoms. The summed E-state index contributed by atoms with van der Waals surface area (Å²) in [5.74, 6) is 2.67. The molecule has 2 nitrogen and oxygen atoms in total. The van der Waals surface area contributed by atoms with Gasteiger partial charge in [0.1, 0.15) is 5.60 Å². The van der Waals surface area contributed by atoms with Gasteiger partial charge in [0.15, 0.2) is 0 Å². The van der Waals surface area contributed by atoms with Gasteiger partial charge in [0.25, 0.3) is 0 Å². The van der Waals surface area contributed by atoms with Crippen molar-refractivity contribution in [3.05, 3.63) is 72.3 Å². The topological polar surface area (TPSA) is 26.3 Å². The highest BCUT2D eigenvalue weighted by Crippen LogP contribution is 2.84. The van der Waals surface area contributed by atoms with Crippen molar-refractivity contribution in [1.29, 1.82) is 0 Å². The monoisotopic (exact) mass is 478 g/mol. The molecule has 36 heavy (non-hydrogen) atoms. The molecule has 0 heterocycles. The van der Waals surface area contributed by atoms with E-state index in [0.717, 1.165) is 29.7 Å². The minimum Gasteiger partial charge on any atom is -0.459 e. The SMILES string of the molecule is C=C(CCC(=O)OC(C)(C)C12CC3CC4CC(C1)C2(C4)C3)Cc1ccc2cc3ccccc3cc2c1. The van der Waals surface area contributed by atoms with E-state index in [-0.39, 0.29) is 17.0 Å². The van der Waals surface area contributed by atoms with Crippen LogP contribution < -0.4 is 0 Å². The highest BCUT2D eigenvalue weighted by molar-refractivity contribution is 5.98. The zero-order valence-corrected chi connectivity index (χ0v) is 21.8. The Hall–Kier alpha value is -2.61. The molecule has 7 rings (SSSR count). The summed E-state index contributed by atoms with van der Waals surface area (Å²) in [5, 5.41) is 5.06. The van der Waals surface area contributed by atoms with Gasteiger partial charge in [-0.3, -0.25) is 4.79 Å². The van der Waals surface area contributed by atoms with Crippen molar-refractivity contribution in [3.8, 4) is 0 Å². The predicted octanol–water partition coefficient (Wildman–Crippen LogP) is 8.41. The molecule has 4 aliphatic carbocycles. The minimum atomic E-state index is -0.364. The molecule has 3 aromatic carbocycles. The largest absolute Gasteiger partial charge is 0.459 e. The van der Waals surface area contributed by atoms with Gasteiger partial charge in [0.05, 0.1) is 0 Å². The lowest BCUT2D eigenvalue weighted by Gasteiger charge is -2.64. The number of hydrogen-bond acceptors (Lipinski definition) is 2. The summed E-state index contributed by atoms with van der Waals surface area (Å²) in [7, 11) is 0. The predicted molar refractivity (Wildman–Crippen MR) is 147 cm³/mol. The number of ether oxygens (including phenoxy) is 1. The number of rotatable bonds is 7. The maximum Gasteiger partial charge on any atom is 0.306 e. The lowest BCUT2D eigenvalue weighted by Crippen LogP contribution is -2.63. The van der Waals surface area contributed by atoms with E-state index >= 15 is 0 Å². The normalized spacial score (nSPS) is 32.0. The number of allylic oxidation sites excluding steroid dienone is 1. The molecule has 3 bridgehead atoms. The van der Waals surface area contributed by atoms with Gasteiger partial charge < -0.3 is 4.74 Å². The lowest BCUT2D eigenvalue weighted by atomic mass is 9.41. The van der Waals surface area contributed by atoms with E-state index in [1.54, 1.807) is 0 Å². The van der Waals surface area contributed by atoms with Crippen LogP contribution in [0.3, 0.4) is 0 Å². The van der Waals surface area contributed by atoms with Crippen molar-refractivity contribution in [2.45, 2.75) is 77.2 Å². The van der Waals surface area contributed by atoms with Crippen LogP contribution in [0.2, 0.25) is 0 Å². The summed E-state index contributed by atoms with van der Waals surface area (Å²) in [6.45, 7) is 8.75. The fraction of sp³-hybridized carbons (Fsp3) is 0.500. The minimum absolute atomic E-state index is 0.0450. The fourth-order valence-corrected chi connectivity index (χ4v) is 9.66. The molecule has 5 atom stereocenters. The zero-order chi connectivity index (χ0) is 24.7. The van der Waals surface area contributed by atoms with Crippen LogP contribution in [0.25, 0.3) is 21.5 Å². The van der Waals surface area contributed by atoms with Crippen LogP contribution in [0.1, 0.15) is 70.8 Å². The van der Waals surface area contributed by atoms with E-state index in [0.29, 0.717) is 18.3 Å². The molecular weight excluding hydrogens is 440 g/mol. The first kappa shape index (κ1) is 22.6. The molecule has 0 N–H and O–H groups in total. The van der Waals surface area contributed by atoms with Crippen molar-refractivity contribution in [1.82, 2.24) is 0 Å². The van der Waals surface area contributed by atoms with E-state index < -0.39 is 0 Å². The van der Waals surface area contributed by atoms with Crippen LogP contribution in [-0.4, -0.2) is 11.6 Å². The summed E-state index contributed by atoms with van der Waals surface area (Å²) in [6, 6.07) is 19.7. The second kappa shape index (κ2) is 7.70. The van der Waals surface area contributed by atoms with Crippen molar-refractivity contribution in [3.63, 3.8) is 0 Å². The standard InChI is InChI=1S/C34H38O2/c1-22(12-23-9-10-28-16-26-6-4-5-7-27(26)17-29(28)14-23)8-11-31(35)36-32(2,3)34-20-25-13-24-15-30(21-34)33(34,18-24)19-25/h4-7,9-10,14,16-17,24-25,30H,1,8,11-13,15,18-21H2,2-3H3. The number of hydrogen-bond donors (Lipinski definition) is 0. The van der Waals surface area contributed by atoms with Crippen molar-refractivity contribution >= 4 is 27.5 Å². The number of fused-ring (bicyclic) bond motifs is 4. The van der Waals surface area contributed by atoms with E-state index in [2.05, 4.69) is 75.0 Å². The first-order valence-corrected chi connectivity index (χ1v) is 14.1.